The molecule has 0 spiro atoms. The van der Waals surface area contributed by atoms with Crippen molar-refractivity contribution in [1.29, 1.82) is 0 Å². The zero-order chi connectivity index (χ0) is 17.8. The van der Waals surface area contributed by atoms with Crippen molar-refractivity contribution in [2.75, 3.05) is 46.4 Å². The van der Waals surface area contributed by atoms with Gasteiger partial charge in [0.15, 0.2) is 11.5 Å². The Bertz CT molecular complexity index is 778. The van der Waals surface area contributed by atoms with E-state index in [-0.39, 0.29) is 37.9 Å². The van der Waals surface area contributed by atoms with Gasteiger partial charge in [-0.05, 0) is 12.1 Å². The van der Waals surface area contributed by atoms with Crippen LogP contribution in [0.4, 0.5) is 0 Å². The first-order valence-electron chi connectivity index (χ1n) is 7.07. The van der Waals surface area contributed by atoms with Gasteiger partial charge in [-0.1, -0.05) is 0 Å². The van der Waals surface area contributed by atoms with Crippen molar-refractivity contribution < 1.29 is 31.0 Å². The summed E-state index contributed by atoms with van der Waals surface area (Å²) in [6.07, 6.45) is 1.06. The molecule has 1 aliphatic heterocycles. The fourth-order valence-corrected chi connectivity index (χ4v) is 3.93. The van der Waals surface area contributed by atoms with Crippen molar-refractivity contribution in [3.8, 4) is 11.5 Å². The van der Waals surface area contributed by atoms with Gasteiger partial charge in [-0.15, -0.1) is 0 Å². The molecule has 0 aliphatic carbocycles. The van der Waals surface area contributed by atoms with Crippen molar-refractivity contribution in [1.82, 2.24) is 9.03 Å². The molecule has 1 aliphatic rings. The van der Waals surface area contributed by atoms with Crippen LogP contribution in [0, 0.1) is 0 Å². The molecule has 2 rings (SSSR count). The Morgan fingerprint density at radius 1 is 1.17 bits per heavy atom. The smallest absolute Gasteiger partial charge is 0.240 e. The average molecular weight is 380 g/mol. The summed E-state index contributed by atoms with van der Waals surface area (Å²) in [6.45, 7) is 0.373. The lowest BCUT2D eigenvalue weighted by atomic mass is 10.3. The number of hydrogen-bond acceptors (Lipinski definition) is 7. The molecule has 0 fully saturated rings. The lowest BCUT2D eigenvalue weighted by Gasteiger charge is -2.19. The van der Waals surface area contributed by atoms with Gasteiger partial charge in [-0.2, -0.15) is 4.31 Å². The predicted octanol–water partition coefficient (Wildman–Crippen LogP) is -0.398. The maximum atomic E-state index is 12.3. The first-order valence-corrected chi connectivity index (χ1v) is 10.4. The number of methoxy groups -OCH3 is 1. The fraction of sp³-hybridized carbons (Fsp3) is 0.538. The summed E-state index contributed by atoms with van der Waals surface area (Å²) in [5.41, 5.74) is 0. The van der Waals surface area contributed by atoms with Gasteiger partial charge in [0.2, 0.25) is 26.8 Å². The lowest BCUT2D eigenvalue weighted by Crippen LogP contribution is -2.39. The number of nitrogens with zero attached hydrogens (tertiary/aromatic N) is 1. The van der Waals surface area contributed by atoms with E-state index in [1.807, 2.05) is 0 Å². The van der Waals surface area contributed by atoms with E-state index in [1.165, 1.54) is 25.3 Å². The van der Waals surface area contributed by atoms with Crippen LogP contribution >= 0.6 is 0 Å². The molecule has 0 aromatic heterocycles. The van der Waals surface area contributed by atoms with Crippen molar-refractivity contribution in [2.24, 2.45) is 0 Å². The third-order valence-electron chi connectivity index (χ3n) is 3.32. The van der Waals surface area contributed by atoms with Crippen molar-refractivity contribution >= 4 is 20.0 Å². The summed E-state index contributed by atoms with van der Waals surface area (Å²) in [7, 11) is -5.77. The second kappa shape index (κ2) is 7.66. The molecule has 0 amide bonds. The minimum atomic E-state index is -3.78. The molecule has 1 N–H and O–H groups in total. The van der Waals surface area contributed by atoms with E-state index in [9.17, 15) is 16.8 Å². The number of rotatable bonds is 9. The fourth-order valence-electron chi connectivity index (χ4n) is 2.07. The molecule has 1 aromatic rings. The number of fused-ring (bicyclic) bond motifs is 1. The van der Waals surface area contributed by atoms with Crippen LogP contribution < -0.4 is 14.2 Å². The topological polar surface area (TPSA) is 111 Å². The van der Waals surface area contributed by atoms with Gasteiger partial charge < -0.3 is 14.2 Å². The first kappa shape index (κ1) is 18.9. The Morgan fingerprint density at radius 2 is 1.88 bits per heavy atom. The monoisotopic (exact) mass is 380 g/mol. The van der Waals surface area contributed by atoms with Gasteiger partial charge in [0.25, 0.3) is 0 Å². The SMILES string of the molecule is COCCN(CCNS(=O)(=O)c1ccc2c(c1)OCO2)S(C)(=O)=O. The van der Waals surface area contributed by atoms with E-state index < -0.39 is 20.0 Å². The summed E-state index contributed by atoms with van der Waals surface area (Å²) in [4.78, 5) is 0.0227. The third kappa shape index (κ3) is 4.80. The molecule has 9 nitrogen and oxygen atoms in total. The van der Waals surface area contributed by atoms with Gasteiger partial charge in [0.05, 0.1) is 17.8 Å². The quantitative estimate of drug-likeness (QED) is 0.620. The largest absolute Gasteiger partial charge is 0.454 e. The Balaban J connectivity index is 1.99. The van der Waals surface area contributed by atoms with E-state index >= 15 is 0 Å². The Morgan fingerprint density at radius 3 is 2.54 bits per heavy atom. The predicted molar refractivity (Wildman–Crippen MR) is 86.0 cm³/mol. The molecule has 24 heavy (non-hydrogen) atoms. The summed E-state index contributed by atoms with van der Waals surface area (Å²) < 4.78 is 66.5. The molecule has 0 saturated heterocycles. The summed E-state index contributed by atoms with van der Waals surface area (Å²) in [6, 6.07) is 4.28. The molecule has 11 heteroatoms. The van der Waals surface area contributed by atoms with Crippen molar-refractivity contribution in [3.63, 3.8) is 0 Å². The first-order chi connectivity index (χ1) is 11.2. The summed E-state index contributed by atoms with van der Waals surface area (Å²) >= 11 is 0. The zero-order valence-corrected chi connectivity index (χ0v) is 15.0. The van der Waals surface area contributed by atoms with E-state index in [0.717, 1.165) is 10.6 Å². The number of benzene rings is 1. The van der Waals surface area contributed by atoms with E-state index in [1.54, 1.807) is 0 Å². The van der Waals surface area contributed by atoms with Crippen LogP contribution in [0.5, 0.6) is 11.5 Å². The van der Waals surface area contributed by atoms with E-state index in [0.29, 0.717) is 11.5 Å². The maximum absolute atomic E-state index is 12.3. The molecule has 1 aromatic carbocycles. The zero-order valence-electron chi connectivity index (χ0n) is 13.4. The molecule has 0 unspecified atom stereocenters. The average Bonchev–Trinajstić information content (AvgIpc) is 2.96. The summed E-state index contributed by atoms with van der Waals surface area (Å²) in [5, 5.41) is 0. The van der Waals surface area contributed by atoms with Gasteiger partial charge in [0.1, 0.15) is 0 Å². The minimum absolute atomic E-state index is 0.00593. The molecular weight excluding hydrogens is 360 g/mol. The highest BCUT2D eigenvalue weighted by Crippen LogP contribution is 2.33. The number of nitrogens with one attached hydrogen (secondary N) is 1. The molecule has 0 atom stereocenters. The second-order valence-corrected chi connectivity index (χ2v) is 8.82. The highest BCUT2D eigenvalue weighted by Gasteiger charge is 2.21. The van der Waals surface area contributed by atoms with Crippen LogP contribution in [0.15, 0.2) is 23.1 Å². The van der Waals surface area contributed by atoms with Gasteiger partial charge in [-0.3, -0.25) is 0 Å². The molecule has 0 saturated carbocycles. The maximum Gasteiger partial charge on any atom is 0.240 e. The summed E-state index contributed by atoms with van der Waals surface area (Å²) in [5.74, 6) is 0.840. The van der Waals surface area contributed by atoms with E-state index in [2.05, 4.69) is 4.72 Å². The van der Waals surface area contributed by atoms with Crippen LogP contribution in [0.25, 0.3) is 0 Å². The van der Waals surface area contributed by atoms with E-state index in [4.69, 9.17) is 14.2 Å². The van der Waals surface area contributed by atoms with Crippen LogP contribution in [0.2, 0.25) is 0 Å². The van der Waals surface area contributed by atoms with Crippen LogP contribution in [0.1, 0.15) is 0 Å². The van der Waals surface area contributed by atoms with Gasteiger partial charge >= 0.3 is 0 Å². The van der Waals surface area contributed by atoms with Crippen molar-refractivity contribution in [3.05, 3.63) is 18.2 Å². The molecule has 0 bridgehead atoms. The highest BCUT2D eigenvalue weighted by molar-refractivity contribution is 7.89. The number of ether oxygens (including phenoxy) is 3. The van der Waals surface area contributed by atoms with Crippen molar-refractivity contribution in [2.45, 2.75) is 4.90 Å². The van der Waals surface area contributed by atoms with Crippen LogP contribution in [-0.2, 0) is 24.8 Å². The normalized spacial score (nSPS) is 14.3. The molecule has 0 radical (unpaired) electrons. The Kier molecular flexibility index (Phi) is 6.04. The lowest BCUT2D eigenvalue weighted by molar-refractivity contribution is 0.174. The Hall–Kier alpha value is -1.40. The number of hydrogen-bond donors (Lipinski definition) is 1. The van der Waals surface area contributed by atoms with Gasteiger partial charge in [-0.25, -0.2) is 21.6 Å². The minimum Gasteiger partial charge on any atom is -0.454 e. The molecular formula is C13H20N2O7S2. The highest BCUT2D eigenvalue weighted by atomic mass is 32.2. The molecule has 1 heterocycles. The second-order valence-electron chi connectivity index (χ2n) is 5.07. The third-order valence-corrected chi connectivity index (χ3v) is 6.08. The molecule has 136 valence electrons. The van der Waals surface area contributed by atoms with Crippen LogP contribution in [-0.4, -0.2) is 67.5 Å². The number of sulfonamides is 2. The Labute approximate surface area is 141 Å². The van der Waals surface area contributed by atoms with Gasteiger partial charge in [0, 0.05) is 32.8 Å². The van der Waals surface area contributed by atoms with Crippen LogP contribution in [0.3, 0.4) is 0 Å². The standard InChI is InChI=1S/C13H20N2O7S2/c1-20-8-7-15(23(2,16)17)6-5-14-24(18,19)11-3-4-12-13(9-11)22-10-21-12/h3-4,9,14H,5-8,10H2,1-2H3.